The van der Waals surface area contributed by atoms with E-state index in [1.807, 2.05) is 19.1 Å². The molecule has 1 aromatic rings. The number of aromatic hydroxyl groups is 1. The van der Waals surface area contributed by atoms with Crippen molar-refractivity contribution < 1.29 is 5.11 Å². The molecule has 0 atom stereocenters. The van der Waals surface area contributed by atoms with Crippen LogP contribution in [0.25, 0.3) is 0 Å². The monoisotopic (exact) mass is 194 g/mol. The Kier molecular flexibility index (Phi) is 3.67. The van der Waals surface area contributed by atoms with Gasteiger partial charge in [-0.05, 0) is 24.6 Å². The number of alkyl halides is 1. The van der Waals surface area contributed by atoms with Gasteiger partial charge in [0.2, 0.25) is 0 Å². The van der Waals surface area contributed by atoms with Gasteiger partial charge in [-0.2, -0.15) is 0 Å². The van der Waals surface area contributed by atoms with Crippen LogP contribution in [-0.2, 0) is 0 Å². The van der Waals surface area contributed by atoms with Crippen LogP contribution in [0.15, 0.2) is 18.2 Å². The summed E-state index contributed by atoms with van der Waals surface area (Å²) in [5, 5.41) is 9.40. The number of phenols is 1. The van der Waals surface area contributed by atoms with E-state index in [4.69, 9.17) is 11.6 Å². The lowest BCUT2D eigenvalue weighted by Gasteiger charge is -1.97. The molecule has 0 saturated carbocycles. The molecule has 0 aliphatic heterocycles. The van der Waals surface area contributed by atoms with E-state index in [9.17, 15) is 5.11 Å². The summed E-state index contributed by atoms with van der Waals surface area (Å²) in [6.07, 6.45) is 0.648. The summed E-state index contributed by atoms with van der Waals surface area (Å²) in [5.41, 5.74) is 1.76. The minimum Gasteiger partial charge on any atom is -0.507 e. The summed E-state index contributed by atoms with van der Waals surface area (Å²) >= 11 is 5.47. The van der Waals surface area contributed by atoms with Crippen LogP contribution in [0.5, 0.6) is 5.75 Å². The number of rotatable bonds is 1. The molecule has 0 heterocycles. The highest BCUT2D eigenvalue weighted by Gasteiger charge is 1.95. The van der Waals surface area contributed by atoms with Crippen molar-refractivity contribution in [3.63, 3.8) is 0 Å². The van der Waals surface area contributed by atoms with Crippen molar-refractivity contribution in [1.82, 2.24) is 0 Å². The smallest absolute Gasteiger partial charge is 0.131 e. The minimum atomic E-state index is 0.229. The van der Waals surface area contributed by atoms with Gasteiger partial charge in [-0.25, -0.2) is 0 Å². The lowest BCUT2D eigenvalue weighted by atomic mass is 10.1. The highest BCUT2D eigenvalue weighted by molar-refractivity contribution is 6.18. The quantitative estimate of drug-likeness (QED) is 0.539. The first-order valence-corrected chi connectivity index (χ1v) is 4.62. The second kappa shape index (κ2) is 4.79. The third-order valence-electron chi connectivity index (χ3n) is 1.59. The third-order valence-corrected chi connectivity index (χ3v) is 1.78. The van der Waals surface area contributed by atoms with Crippen molar-refractivity contribution in [2.45, 2.75) is 13.3 Å². The Bertz CT molecular complexity index is 347. The van der Waals surface area contributed by atoms with Crippen LogP contribution in [0, 0.1) is 18.8 Å². The first-order chi connectivity index (χ1) is 6.24. The Morgan fingerprint density at radius 1 is 1.46 bits per heavy atom. The van der Waals surface area contributed by atoms with Crippen molar-refractivity contribution in [3.05, 3.63) is 29.3 Å². The maximum absolute atomic E-state index is 9.40. The van der Waals surface area contributed by atoms with Crippen molar-refractivity contribution in [3.8, 4) is 17.6 Å². The van der Waals surface area contributed by atoms with E-state index in [2.05, 4.69) is 11.8 Å². The lowest BCUT2D eigenvalue weighted by Crippen LogP contribution is -1.79. The van der Waals surface area contributed by atoms with Crippen LogP contribution < -0.4 is 0 Å². The molecule has 1 aromatic carbocycles. The van der Waals surface area contributed by atoms with E-state index in [1.54, 1.807) is 6.07 Å². The summed E-state index contributed by atoms with van der Waals surface area (Å²) < 4.78 is 0. The molecular weight excluding hydrogens is 184 g/mol. The highest BCUT2D eigenvalue weighted by Crippen LogP contribution is 2.16. The molecule has 13 heavy (non-hydrogen) atoms. The lowest BCUT2D eigenvalue weighted by molar-refractivity contribution is 0.473. The molecule has 1 rings (SSSR count). The Hall–Kier alpha value is -1.13. The zero-order valence-electron chi connectivity index (χ0n) is 7.47. The number of halogens is 1. The molecule has 0 bridgehead atoms. The normalized spacial score (nSPS) is 9.08. The van der Waals surface area contributed by atoms with Crippen molar-refractivity contribution in [1.29, 1.82) is 0 Å². The zero-order valence-corrected chi connectivity index (χ0v) is 8.23. The molecule has 0 amide bonds. The van der Waals surface area contributed by atoms with Crippen LogP contribution in [0.1, 0.15) is 17.5 Å². The van der Waals surface area contributed by atoms with Gasteiger partial charge < -0.3 is 5.11 Å². The standard InChI is InChI=1S/C11H11ClO/c1-9-5-6-11(13)10(8-9)4-2-3-7-12/h5-6,8,13H,3,7H2,1H3. The van der Waals surface area contributed by atoms with Gasteiger partial charge in [0.15, 0.2) is 0 Å². The Labute approximate surface area is 83.4 Å². The van der Waals surface area contributed by atoms with Gasteiger partial charge in [-0.1, -0.05) is 17.9 Å². The van der Waals surface area contributed by atoms with Gasteiger partial charge >= 0.3 is 0 Å². The van der Waals surface area contributed by atoms with E-state index in [0.29, 0.717) is 17.9 Å². The second-order valence-electron chi connectivity index (χ2n) is 2.76. The van der Waals surface area contributed by atoms with E-state index in [-0.39, 0.29) is 5.75 Å². The highest BCUT2D eigenvalue weighted by atomic mass is 35.5. The molecule has 68 valence electrons. The predicted octanol–water partition coefficient (Wildman–Crippen LogP) is 2.68. The molecule has 0 aromatic heterocycles. The molecule has 0 aliphatic carbocycles. The van der Waals surface area contributed by atoms with Gasteiger partial charge in [0.05, 0.1) is 5.56 Å². The summed E-state index contributed by atoms with van der Waals surface area (Å²) in [6, 6.07) is 5.36. The van der Waals surface area contributed by atoms with Crippen molar-refractivity contribution in [2.24, 2.45) is 0 Å². The van der Waals surface area contributed by atoms with Gasteiger partial charge in [-0.15, -0.1) is 11.6 Å². The van der Waals surface area contributed by atoms with E-state index in [1.165, 1.54) is 0 Å². The van der Waals surface area contributed by atoms with Crippen LogP contribution in [0.4, 0.5) is 0 Å². The predicted molar refractivity (Wildman–Crippen MR) is 55.1 cm³/mol. The Morgan fingerprint density at radius 2 is 2.23 bits per heavy atom. The fourth-order valence-electron chi connectivity index (χ4n) is 0.955. The van der Waals surface area contributed by atoms with Gasteiger partial charge in [-0.3, -0.25) is 0 Å². The number of phenolic OH excluding ortho intramolecular Hbond substituents is 1. The molecular formula is C11H11ClO. The first kappa shape index (κ1) is 9.95. The summed E-state index contributed by atoms with van der Waals surface area (Å²) in [4.78, 5) is 0. The molecule has 1 nitrogen and oxygen atoms in total. The van der Waals surface area contributed by atoms with Gasteiger partial charge in [0, 0.05) is 12.3 Å². The molecule has 1 N–H and O–H groups in total. The van der Waals surface area contributed by atoms with Gasteiger partial charge in [0.1, 0.15) is 5.75 Å². The number of hydrogen-bond donors (Lipinski definition) is 1. The fraction of sp³-hybridized carbons (Fsp3) is 0.273. The second-order valence-corrected chi connectivity index (χ2v) is 3.14. The molecule has 0 aliphatic rings. The summed E-state index contributed by atoms with van der Waals surface area (Å²) in [6.45, 7) is 1.96. The largest absolute Gasteiger partial charge is 0.507 e. The minimum absolute atomic E-state index is 0.229. The zero-order chi connectivity index (χ0) is 9.68. The Morgan fingerprint density at radius 3 is 2.92 bits per heavy atom. The first-order valence-electron chi connectivity index (χ1n) is 4.08. The topological polar surface area (TPSA) is 20.2 Å². The average Bonchev–Trinajstić information content (AvgIpc) is 2.11. The van der Waals surface area contributed by atoms with Crippen LogP contribution in [0.3, 0.4) is 0 Å². The summed E-state index contributed by atoms with van der Waals surface area (Å²) in [7, 11) is 0. The Balaban J connectivity index is 2.89. The number of benzene rings is 1. The van der Waals surface area contributed by atoms with Crippen molar-refractivity contribution in [2.75, 3.05) is 5.88 Å². The average molecular weight is 195 g/mol. The SMILES string of the molecule is Cc1ccc(O)c(C#CCCCl)c1. The van der Waals surface area contributed by atoms with E-state index >= 15 is 0 Å². The van der Waals surface area contributed by atoms with E-state index in [0.717, 1.165) is 5.56 Å². The van der Waals surface area contributed by atoms with Crippen molar-refractivity contribution >= 4 is 11.6 Å². The number of aryl methyl sites for hydroxylation is 1. The number of hydrogen-bond acceptors (Lipinski definition) is 1. The maximum Gasteiger partial charge on any atom is 0.131 e. The third kappa shape index (κ3) is 3.01. The summed E-state index contributed by atoms with van der Waals surface area (Å²) in [5.74, 6) is 6.50. The molecule has 0 saturated heterocycles. The molecule has 2 heteroatoms. The van der Waals surface area contributed by atoms with Crippen LogP contribution in [-0.4, -0.2) is 11.0 Å². The van der Waals surface area contributed by atoms with Gasteiger partial charge in [0.25, 0.3) is 0 Å². The molecule has 0 spiro atoms. The van der Waals surface area contributed by atoms with E-state index < -0.39 is 0 Å². The van der Waals surface area contributed by atoms with Crippen LogP contribution >= 0.6 is 11.6 Å². The fourth-order valence-corrected chi connectivity index (χ4v) is 1.05. The molecule has 0 unspecified atom stereocenters. The molecule has 0 fully saturated rings. The van der Waals surface area contributed by atoms with Crippen LogP contribution in [0.2, 0.25) is 0 Å². The maximum atomic E-state index is 9.40. The molecule has 0 radical (unpaired) electrons.